The zero-order valence-corrected chi connectivity index (χ0v) is 25.4. The van der Waals surface area contributed by atoms with Gasteiger partial charge in [0.2, 0.25) is 5.91 Å². The van der Waals surface area contributed by atoms with Gasteiger partial charge in [-0.2, -0.15) is 0 Å². The predicted octanol–water partition coefficient (Wildman–Crippen LogP) is 7.01. The normalized spacial score (nSPS) is 11.1. The second-order valence-electron chi connectivity index (χ2n) is 10.8. The Morgan fingerprint density at radius 3 is 2.00 bits per heavy atom. The van der Waals surface area contributed by atoms with Gasteiger partial charge in [-0.15, -0.1) is 0 Å². The predicted molar refractivity (Wildman–Crippen MR) is 173 cm³/mol. The number of primary amides is 1. The van der Waals surface area contributed by atoms with Gasteiger partial charge in [0.05, 0.1) is 26.7 Å². The summed E-state index contributed by atoms with van der Waals surface area (Å²) in [4.78, 5) is 13.8. The van der Waals surface area contributed by atoms with E-state index in [2.05, 4.69) is 96.8 Å². The van der Waals surface area contributed by atoms with Crippen molar-refractivity contribution >= 4 is 5.91 Å². The number of nitrogens with zero attached hydrogens (tertiary/aromatic N) is 1. The molecule has 0 saturated heterocycles. The number of benzene rings is 4. The molecule has 2 N–H and O–H groups in total. The Kier molecular flexibility index (Phi) is 12.5. The van der Waals surface area contributed by atoms with E-state index in [4.69, 9.17) is 19.9 Å². The fourth-order valence-corrected chi connectivity index (χ4v) is 5.16. The van der Waals surface area contributed by atoms with Crippen LogP contribution in [0.3, 0.4) is 0 Å². The smallest absolute Gasteiger partial charge is 0.221 e. The highest BCUT2D eigenvalue weighted by Crippen LogP contribution is 2.29. The number of carbonyl (C=O) groups is 1. The van der Waals surface area contributed by atoms with Gasteiger partial charge in [0, 0.05) is 25.6 Å². The van der Waals surface area contributed by atoms with E-state index in [1.54, 1.807) is 7.11 Å². The van der Waals surface area contributed by atoms with Crippen molar-refractivity contribution in [3.05, 3.63) is 125 Å². The van der Waals surface area contributed by atoms with Gasteiger partial charge in [-0.05, 0) is 59.4 Å². The maximum Gasteiger partial charge on any atom is 0.221 e. The van der Waals surface area contributed by atoms with Crippen molar-refractivity contribution in [2.24, 2.45) is 5.73 Å². The van der Waals surface area contributed by atoms with Crippen LogP contribution in [0.1, 0.15) is 54.4 Å². The first-order valence-corrected chi connectivity index (χ1v) is 15.2. The number of carbonyl (C=O) groups excluding carboxylic acids is 1. The first kappa shape index (κ1) is 31.6. The summed E-state index contributed by atoms with van der Waals surface area (Å²) < 4.78 is 17.5. The highest BCUT2D eigenvalue weighted by Gasteiger charge is 2.19. The van der Waals surface area contributed by atoms with Gasteiger partial charge < -0.3 is 19.9 Å². The monoisotopic (exact) mass is 580 g/mol. The zero-order valence-electron chi connectivity index (χ0n) is 25.4. The Morgan fingerprint density at radius 2 is 1.40 bits per heavy atom. The third kappa shape index (κ3) is 10.2. The van der Waals surface area contributed by atoms with Crippen LogP contribution in [0.25, 0.3) is 0 Å². The van der Waals surface area contributed by atoms with Crippen LogP contribution in [0, 0.1) is 0 Å². The standard InChI is InChI=1S/C37H44N2O4/c1-3-4-23-42-33-19-16-29(17-20-33)27-39(28-34(31-12-7-5-8-13-31)32-14-9-6-10-15-32)22-11-24-43-35-21-18-30(26-37(38)40)25-36(35)41-2/h5-10,12-21,25,34H,3-4,11,22-24,26-28H2,1-2H3,(H2,38,40). The third-order valence-electron chi connectivity index (χ3n) is 7.42. The molecule has 6 heteroatoms. The molecule has 226 valence electrons. The second-order valence-corrected chi connectivity index (χ2v) is 10.8. The van der Waals surface area contributed by atoms with Gasteiger partial charge >= 0.3 is 0 Å². The van der Waals surface area contributed by atoms with E-state index in [0.29, 0.717) is 18.1 Å². The summed E-state index contributed by atoms with van der Waals surface area (Å²) in [5.41, 5.74) is 10.0. The van der Waals surface area contributed by atoms with Gasteiger partial charge in [-0.3, -0.25) is 9.69 Å². The molecule has 4 rings (SSSR count). The van der Waals surface area contributed by atoms with Crippen LogP contribution in [0.5, 0.6) is 17.2 Å². The fourth-order valence-electron chi connectivity index (χ4n) is 5.16. The number of nitrogens with two attached hydrogens (primary N) is 1. The molecular weight excluding hydrogens is 536 g/mol. The van der Waals surface area contributed by atoms with Crippen LogP contribution >= 0.6 is 0 Å². The van der Waals surface area contributed by atoms with Crippen LogP contribution < -0.4 is 19.9 Å². The molecule has 1 amide bonds. The van der Waals surface area contributed by atoms with Gasteiger partial charge in [-0.1, -0.05) is 92.2 Å². The molecule has 0 unspecified atom stereocenters. The first-order valence-electron chi connectivity index (χ1n) is 15.2. The molecule has 0 spiro atoms. The Labute approximate surface area is 256 Å². The van der Waals surface area contributed by atoms with E-state index in [1.165, 1.54) is 16.7 Å². The average molecular weight is 581 g/mol. The van der Waals surface area contributed by atoms with Crippen LogP contribution in [-0.4, -0.2) is 44.2 Å². The summed E-state index contributed by atoms with van der Waals surface area (Å²) in [5.74, 6) is 2.04. The molecule has 0 fully saturated rings. The topological polar surface area (TPSA) is 74.0 Å². The quantitative estimate of drug-likeness (QED) is 0.128. The molecule has 43 heavy (non-hydrogen) atoms. The number of hydrogen-bond acceptors (Lipinski definition) is 5. The Bertz CT molecular complexity index is 1340. The number of amides is 1. The maximum atomic E-state index is 11.3. The minimum absolute atomic E-state index is 0.168. The largest absolute Gasteiger partial charge is 0.494 e. The van der Waals surface area contributed by atoms with Crippen LogP contribution in [0.15, 0.2) is 103 Å². The molecule has 0 aliphatic rings. The molecular formula is C37H44N2O4. The lowest BCUT2D eigenvalue weighted by Crippen LogP contribution is -2.30. The minimum Gasteiger partial charge on any atom is -0.494 e. The summed E-state index contributed by atoms with van der Waals surface area (Å²) in [6, 6.07) is 35.5. The Morgan fingerprint density at radius 1 is 0.767 bits per heavy atom. The van der Waals surface area contributed by atoms with E-state index in [-0.39, 0.29) is 18.2 Å². The van der Waals surface area contributed by atoms with E-state index in [0.717, 1.165) is 56.8 Å². The van der Waals surface area contributed by atoms with Crippen molar-refractivity contribution in [3.63, 3.8) is 0 Å². The van der Waals surface area contributed by atoms with E-state index < -0.39 is 0 Å². The molecule has 0 bridgehead atoms. The lowest BCUT2D eigenvalue weighted by Gasteiger charge is -2.28. The van der Waals surface area contributed by atoms with Crippen molar-refractivity contribution in [3.8, 4) is 17.2 Å². The summed E-state index contributed by atoms with van der Waals surface area (Å²) in [5, 5.41) is 0. The molecule has 0 aliphatic carbocycles. The summed E-state index contributed by atoms with van der Waals surface area (Å²) in [6.45, 7) is 5.99. The van der Waals surface area contributed by atoms with Gasteiger partial charge in [0.1, 0.15) is 5.75 Å². The van der Waals surface area contributed by atoms with E-state index in [1.807, 2.05) is 18.2 Å². The van der Waals surface area contributed by atoms with Crippen LogP contribution in [0.4, 0.5) is 0 Å². The van der Waals surface area contributed by atoms with E-state index in [9.17, 15) is 4.79 Å². The van der Waals surface area contributed by atoms with E-state index >= 15 is 0 Å². The summed E-state index contributed by atoms with van der Waals surface area (Å²) in [7, 11) is 1.60. The lowest BCUT2D eigenvalue weighted by atomic mass is 9.90. The fraction of sp³-hybridized carbons (Fsp3) is 0.324. The second kappa shape index (κ2) is 17.0. The Balaban J connectivity index is 1.47. The molecule has 0 atom stereocenters. The zero-order chi connectivity index (χ0) is 30.3. The molecule has 0 heterocycles. The Hall–Kier alpha value is -4.29. The molecule has 4 aromatic rings. The van der Waals surface area contributed by atoms with Crippen molar-refractivity contribution in [2.75, 3.05) is 33.4 Å². The van der Waals surface area contributed by atoms with Gasteiger partial charge in [0.15, 0.2) is 11.5 Å². The van der Waals surface area contributed by atoms with Crippen LogP contribution in [-0.2, 0) is 17.8 Å². The van der Waals surface area contributed by atoms with Crippen molar-refractivity contribution in [1.29, 1.82) is 0 Å². The average Bonchev–Trinajstić information content (AvgIpc) is 3.03. The molecule has 0 radical (unpaired) electrons. The number of ether oxygens (including phenoxy) is 3. The number of methoxy groups -OCH3 is 1. The molecule has 6 nitrogen and oxygen atoms in total. The molecule has 4 aromatic carbocycles. The summed E-state index contributed by atoms with van der Waals surface area (Å²) >= 11 is 0. The van der Waals surface area contributed by atoms with Gasteiger partial charge in [0.25, 0.3) is 0 Å². The number of hydrogen-bond donors (Lipinski definition) is 1. The summed E-state index contributed by atoms with van der Waals surface area (Å²) in [6.07, 6.45) is 3.18. The highest BCUT2D eigenvalue weighted by molar-refractivity contribution is 5.76. The van der Waals surface area contributed by atoms with Gasteiger partial charge in [-0.25, -0.2) is 0 Å². The lowest BCUT2D eigenvalue weighted by molar-refractivity contribution is -0.117. The maximum absolute atomic E-state index is 11.3. The molecule has 0 aliphatic heterocycles. The molecule has 0 aromatic heterocycles. The van der Waals surface area contributed by atoms with Crippen molar-refractivity contribution in [2.45, 2.75) is 45.1 Å². The first-order chi connectivity index (χ1) is 21.1. The van der Waals surface area contributed by atoms with Crippen molar-refractivity contribution in [1.82, 2.24) is 4.90 Å². The van der Waals surface area contributed by atoms with Crippen molar-refractivity contribution < 1.29 is 19.0 Å². The van der Waals surface area contributed by atoms with Crippen LogP contribution in [0.2, 0.25) is 0 Å². The SMILES string of the molecule is CCCCOc1ccc(CN(CCCOc2ccc(CC(N)=O)cc2OC)CC(c2ccccc2)c2ccccc2)cc1. The molecule has 0 saturated carbocycles. The highest BCUT2D eigenvalue weighted by atomic mass is 16.5. The number of rotatable bonds is 18. The minimum atomic E-state index is -0.376. The third-order valence-corrected chi connectivity index (χ3v) is 7.42. The number of unbranched alkanes of at least 4 members (excludes halogenated alkanes) is 1.